The molecular formula is C13H21ClN2OS. The van der Waals surface area contributed by atoms with E-state index in [1.54, 1.807) is 11.8 Å². The highest BCUT2D eigenvalue weighted by molar-refractivity contribution is 7.99. The van der Waals surface area contributed by atoms with Crippen LogP contribution in [0.1, 0.15) is 26.7 Å². The van der Waals surface area contributed by atoms with Crippen molar-refractivity contribution in [1.29, 1.82) is 0 Å². The molecule has 0 saturated carbocycles. The quantitative estimate of drug-likeness (QED) is 0.790. The molecule has 0 radical (unpaired) electrons. The van der Waals surface area contributed by atoms with Crippen LogP contribution in [0.3, 0.4) is 0 Å². The number of benzene rings is 1. The lowest BCUT2D eigenvalue weighted by molar-refractivity contribution is -0.117. The number of nitrogens with one attached hydrogen (secondary N) is 1. The maximum atomic E-state index is 11.7. The lowest BCUT2D eigenvalue weighted by atomic mass is 10.1. The zero-order valence-electron chi connectivity index (χ0n) is 10.8. The van der Waals surface area contributed by atoms with Gasteiger partial charge >= 0.3 is 0 Å². The molecule has 1 aromatic carbocycles. The number of carbonyl (C=O) groups is 1. The van der Waals surface area contributed by atoms with Crippen LogP contribution in [-0.2, 0) is 4.79 Å². The summed E-state index contributed by atoms with van der Waals surface area (Å²) >= 11 is 1.75. The molecule has 0 fully saturated rings. The third kappa shape index (κ3) is 5.76. The van der Waals surface area contributed by atoms with Gasteiger partial charge in [-0.1, -0.05) is 26.3 Å². The van der Waals surface area contributed by atoms with Crippen molar-refractivity contribution >= 4 is 35.8 Å². The summed E-state index contributed by atoms with van der Waals surface area (Å²) in [6.07, 6.45) is 1.63. The molecule has 0 bridgehead atoms. The minimum Gasteiger partial charge on any atom is -0.325 e. The number of hydrogen-bond acceptors (Lipinski definition) is 3. The van der Waals surface area contributed by atoms with E-state index in [9.17, 15) is 4.79 Å². The highest BCUT2D eigenvalue weighted by atomic mass is 35.5. The first-order valence-electron chi connectivity index (χ1n) is 5.96. The summed E-state index contributed by atoms with van der Waals surface area (Å²) in [5.41, 5.74) is 6.57. The first-order valence-corrected chi connectivity index (χ1v) is 6.95. The second-order valence-electron chi connectivity index (χ2n) is 3.85. The number of anilines is 1. The van der Waals surface area contributed by atoms with Crippen molar-refractivity contribution in [3.8, 4) is 0 Å². The third-order valence-electron chi connectivity index (χ3n) is 2.35. The number of carbonyl (C=O) groups excluding carboxylic acids is 1. The van der Waals surface area contributed by atoms with Crippen LogP contribution in [0.5, 0.6) is 0 Å². The fourth-order valence-electron chi connectivity index (χ4n) is 1.51. The van der Waals surface area contributed by atoms with Crippen LogP contribution in [0.15, 0.2) is 29.2 Å². The first kappa shape index (κ1) is 17.3. The monoisotopic (exact) mass is 288 g/mol. The van der Waals surface area contributed by atoms with Crippen LogP contribution in [0.25, 0.3) is 0 Å². The van der Waals surface area contributed by atoms with Gasteiger partial charge in [-0.25, -0.2) is 0 Å². The van der Waals surface area contributed by atoms with Crippen molar-refractivity contribution in [3.63, 3.8) is 0 Å². The molecule has 3 nitrogen and oxygen atoms in total. The normalized spacial score (nSPS) is 11.5. The Balaban J connectivity index is 0.00000289. The van der Waals surface area contributed by atoms with Crippen molar-refractivity contribution in [2.45, 2.75) is 37.6 Å². The van der Waals surface area contributed by atoms with E-state index in [0.717, 1.165) is 29.2 Å². The van der Waals surface area contributed by atoms with Gasteiger partial charge in [0.05, 0.1) is 6.04 Å². The summed E-state index contributed by atoms with van der Waals surface area (Å²) in [4.78, 5) is 12.9. The lowest BCUT2D eigenvalue weighted by Gasteiger charge is -2.11. The van der Waals surface area contributed by atoms with E-state index >= 15 is 0 Å². The van der Waals surface area contributed by atoms with Gasteiger partial charge in [0, 0.05) is 10.6 Å². The van der Waals surface area contributed by atoms with Crippen LogP contribution >= 0.6 is 24.2 Å². The van der Waals surface area contributed by atoms with Crippen molar-refractivity contribution in [1.82, 2.24) is 0 Å². The van der Waals surface area contributed by atoms with Crippen molar-refractivity contribution in [3.05, 3.63) is 24.3 Å². The van der Waals surface area contributed by atoms with Gasteiger partial charge < -0.3 is 11.1 Å². The van der Waals surface area contributed by atoms with E-state index in [-0.39, 0.29) is 18.3 Å². The topological polar surface area (TPSA) is 55.1 Å². The van der Waals surface area contributed by atoms with Gasteiger partial charge in [-0.2, -0.15) is 0 Å². The van der Waals surface area contributed by atoms with E-state index in [1.807, 2.05) is 31.2 Å². The third-order valence-corrected chi connectivity index (χ3v) is 3.22. The predicted octanol–water partition coefficient (Wildman–Crippen LogP) is 3.29. The molecule has 1 atom stereocenters. The molecular weight excluding hydrogens is 268 g/mol. The van der Waals surface area contributed by atoms with Gasteiger partial charge in [-0.3, -0.25) is 4.79 Å². The summed E-state index contributed by atoms with van der Waals surface area (Å²) in [6.45, 7) is 4.12. The minimum absolute atomic E-state index is 0. The van der Waals surface area contributed by atoms with Gasteiger partial charge in [0.2, 0.25) is 5.91 Å². The SMILES string of the molecule is CCCC(N)C(=O)Nc1cccc(SCC)c1.Cl. The lowest BCUT2D eigenvalue weighted by Crippen LogP contribution is -2.35. The fourth-order valence-corrected chi connectivity index (χ4v) is 2.23. The molecule has 0 heterocycles. The number of hydrogen-bond donors (Lipinski definition) is 2. The van der Waals surface area contributed by atoms with Crippen LogP contribution in [0, 0.1) is 0 Å². The number of rotatable bonds is 6. The van der Waals surface area contributed by atoms with Crippen LogP contribution in [-0.4, -0.2) is 17.7 Å². The molecule has 5 heteroatoms. The smallest absolute Gasteiger partial charge is 0.241 e. The molecule has 1 amide bonds. The predicted molar refractivity (Wildman–Crippen MR) is 81.6 cm³/mol. The van der Waals surface area contributed by atoms with Gasteiger partial charge in [0.15, 0.2) is 0 Å². The maximum Gasteiger partial charge on any atom is 0.241 e. The van der Waals surface area contributed by atoms with Crippen LogP contribution in [0.2, 0.25) is 0 Å². The molecule has 0 aliphatic rings. The zero-order valence-corrected chi connectivity index (χ0v) is 12.4. The van der Waals surface area contributed by atoms with Crippen LogP contribution < -0.4 is 11.1 Å². The van der Waals surface area contributed by atoms with E-state index in [4.69, 9.17) is 5.73 Å². The second-order valence-corrected chi connectivity index (χ2v) is 5.18. The summed E-state index contributed by atoms with van der Waals surface area (Å²) < 4.78 is 0. The molecule has 1 unspecified atom stereocenters. The Bertz CT molecular complexity index is 374. The first-order chi connectivity index (χ1) is 8.17. The Hall–Kier alpha value is -0.710. The number of thioether (sulfide) groups is 1. The molecule has 0 aromatic heterocycles. The Kier molecular flexibility index (Phi) is 8.89. The fraction of sp³-hybridized carbons (Fsp3) is 0.462. The highest BCUT2D eigenvalue weighted by Crippen LogP contribution is 2.21. The summed E-state index contributed by atoms with van der Waals surface area (Å²) in [7, 11) is 0. The largest absolute Gasteiger partial charge is 0.325 e. The standard InChI is InChI=1S/C13H20N2OS.ClH/c1-3-6-12(14)13(16)15-10-7-5-8-11(9-10)17-4-2;/h5,7-9,12H,3-4,6,14H2,1-2H3,(H,15,16);1H. The van der Waals surface area contributed by atoms with Crippen molar-refractivity contribution < 1.29 is 4.79 Å². The van der Waals surface area contributed by atoms with E-state index in [1.165, 1.54) is 0 Å². The van der Waals surface area contributed by atoms with E-state index in [0.29, 0.717) is 0 Å². The molecule has 102 valence electrons. The summed E-state index contributed by atoms with van der Waals surface area (Å²) in [6, 6.07) is 7.43. The molecule has 18 heavy (non-hydrogen) atoms. The van der Waals surface area contributed by atoms with E-state index in [2.05, 4.69) is 12.2 Å². The average molecular weight is 289 g/mol. The minimum atomic E-state index is -0.414. The Labute approximate surface area is 119 Å². The van der Waals surface area contributed by atoms with Crippen molar-refractivity contribution in [2.24, 2.45) is 5.73 Å². The average Bonchev–Trinajstić information content (AvgIpc) is 2.30. The van der Waals surface area contributed by atoms with E-state index < -0.39 is 6.04 Å². The Morgan fingerprint density at radius 3 is 2.78 bits per heavy atom. The number of amides is 1. The summed E-state index contributed by atoms with van der Waals surface area (Å²) in [5.74, 6) is 0.915. The summed E-state index contributed by atoms with van der Waals surface area (Å²) in [5, 5.41) is 2.85. The van der Waals surface area contributed by atoms with Gasteiger partial charge in [-0.15, -0.1) is 24.2 Å². The Morgan fingerprint density at radius 2 is 2.17 bits per heavy atom. The molecule has 1 aromatic rings. The molecule has 1 rings (SSSR count). The second kappa shape index (κ2) is 9.25. The zero-order chi connectivity index (χ0) is 12.7. The number of nitrogens with two attached hydrogens (primary N) is 1. The number of halogens is 1. The highest BCUT2D eigenvalue weighted by Gasteiger charge is 2.12. The maximum absolute atomic E-state index is 11.7. The van der Waals surface area contributed by atoms with Gasteiger partial charge in [0.25, 0.3) is 0 Å². The van der Waals surface area contributed by atoms with Crippen LogP contribution in [0.4, 0.5) is 5.69 Å². The van der Waals surface area contributed by atoms with Crippen molar-refractivity contribution in [2.75, 3.05) is 11.1 Å². The molecule has 0 aliphatic carbocycles. The molecule has 0 saturated heterocycles. The Morgan fingerprint density at radius 1 is 1.44 bits per heavy atom. The van der Waals surface area contributed by atoms with Gasteiger partial charge in [0.1, 0.15) is 0 Å². The molecule has 0 spiro atoms. The van der Waals surface area contributed by atoms with Gasteiger partial charge in [-0.05, 0) is 30.4 Å². The molecule has 0 aliphatic heterocycles. The molecule has 3 N–H and O–H groups in total.